The molecule has 0 saturated carbocycles. The van der Waals surface area contributed by atoms with Crippen molar-refractivity contribution in [2.24, 2.45) is 0 Å². The van der Waals surface area contributed by atoms with Gasteiger partial charge >= 0.3 is 5.97 Å². The molecule has 2 aromatic rings. The largest absolute Gasteiger partial charge is 0.466 e. The van der Waals surface area contributed by atoms with E-state index >= 15 is 0 Å². The number of nitrogens with zero attached hydrogens (tertiary/aromatic N) is 3. The quantitative estimate of drug-likeness (QED) is 0.862. The minimum atomic E-state index is -0.469. The van der Waals surface area contributed by atoms with Crippen molar-refractivity contribution < 1.29 is 14.3 Å². The fourth-order valence-corrected chi connectivity index (χ4v) is 2.70. The van der Waals surface area contributed by atoms with Gasteiger partial charge in [0.2, 0.25) is 5.95 Å². The number of aromatic nitrogens is 3. The van der Waals surface area contributed by atoms with E-state index in [-0.39, 0.29) is 6.61 Å². The second kappa shape index (κ2) is 6.39. The molecule has 0 spiro atoms. The van der Waals surface area contributed by atoms with Gasteiger partial charge in [0.25, 0.3) is 0 Å². The maximum atomic E-state index is 12.4. The summed E-state index contributed by atoms with van der Waals surface area (Å²) in [5.41, 5.74) is 1.87. The number of esters is 1. The maximum Gasteiger partial charge on any atom is 0.338 e. The summed E-state index contributed by atoms with van der Waals surface area (Å²) in [5, 5.41) is 7.91. The number of carbonyl (C=O) groups is 1. The van der Waals surface area contributed by atoms with Crippen LogP contribution >= 0.6 is 11.6 Å². The Morgan fingerprint density at radius 3 is 2.74 bits per heavy atom. The van der Waals surface area contributed by atoms with Gasteiger partial charge in [0.1, 0.15) is 12.4 Å². The van der Waals surface area contributed by atoms with Gasteiger partial charge in [0.15, 0.2) is 0 Å². The topological polar surface area (TPSA) is 78.3 Å². The molecule has 0 amide bonds. The van der Waals surface area contributed by atoms with Crippen LogP contribution in [0.3, 0.4) is 0 Å². The van der Waals surface area contributed by atoms with E-state index in [1.165, 1.54) is 13.4 Å². The lowest BCUT2D eigenvalue weighted by Gasteiger charge is -2.28. The van der Waals surface area contributed by atoms with Gasteiger partial charge in [-0.25, -0.2) is 9.48 Å². The molecule has 0 saturated heterocycles. The molecule has 1 aliphatic rings. The van der Waals surface area contributed by atoms with E-state index in [4.69, 9.17) is 21.1 Å². The van der Waals surface area contributed by atoms with E-state index in [9.17, 15) is 4.79 Å². The van der Waals surface area contributed by atoms with Gasteiger partial charge in [-0.3, -0.25) is 0 Å². The molecular weight excluding hydrogens is 320 g/mol. The first kappa shape index (κ1) is 15.5. The first-order valence-corrected chi connectivity index (χ1v) is 7.25. The highest BCUT2D eigenvalue weighted by molar-refractivity contribution is 6.30. The molecule has 3 rings (SSSR count). The van der Waals surface area contributed by atoms with Gasteiger partial charge in [0.05, 0.1) is 25.0 Å². The van der Waals surface area contributed by atoms with Crippen molar-refractivity contribution in [3.05, 3.63) is 52.4 Å². The Morgan fingerprint density at radius 2 is 2.09 bits per heavy atom. The summed E-state index contributed by atoms with van der Waals surface area (Å²) in [6, 6.07) is 6.75. The van der Waals surface area contributed by atoms with Gasteiger partial charge in [0, 0.05) is 12.1 Å². The number of methoxy groups -OCH3 is 2. The normalized spacial score (nSPS) is 16.7. The van der Waals surface area contributed by atoms with Crippen molar-refractivity contribution in [2.75, 3.05) is 26.1 Å². The van der Waals surface area contributed by atoms with Gasteiger partial charge < -0.3 is 14.8 Å². The lowest BCUT2D eigenvalue weighted by molar-refractivity contribution is -0.136. The van der Waals surface area contributed by atoms with Crippen LogP contribution in [0.5, 0.6) is 0 Å². The monoisotopic (exact) mass is 334 g/mol. The highest BCUT2D eigenvalue weighted by atomic mass is 35.5. The number of anilines is 1. The van der Waals surface area contributed by atoms with Crippen molar-refractivity contribution in [3.8, 4) is 0 Å². The van der Waals surface area contributed by atoms with Gasteiger partial charge in [-0.15, -0.1) is 0 Å². The minimum absolute atomic E-state index is 0.224. The number of rotatable bonds is 4. The number of carbonyl (C=O) groups excluding carboxylic acids is 1. The third-order valence-corrected chi connectivity index (χ3v) is 3.81. The van der Waals surface area contributed by atoms with E-state index in [2.05, 4.69) is 15.4 Å². The zero-order valence-electron chi connectivity index (χ0n) is 12.6. The maximum absolute atomic E-state index is 12.4. The molecule has 23 heavy (non-hydrogen) atoms. The number of hydrogen-bond acceptors (Lipinski definition) is 6. The number of fused-ring (bicyclic) bond motifs is 1. The Morgan fingerprint density at radius 1 is 1.35 bits per heavy atom. The highest BCUT2D eigenvalue weighted by Crippen LogP contribution is 2.35. The Hall–Kier alpha value is -2.38. The molecule has 1 atom stereocenters. The molecular formula is C15H15ClN4O3. The van der Waals surface area contributed by atoms with Crippen LogP contribution in [-0.2, 0) is 14.3 Å². The van der Waals surface area contributed by atoms with Crippen LogP contribution in [0.4, 0.5) is 5.95 Å². The van der Waals surface area contributed by atoms with Crippen molar-refractivity contribution in [3.63, 3.8) is 0 Å². The Kier molecular flexibility index (Phi) is 4.31. The standard InChI is InChI=1S/C15H15ClN4O3/c1-22-7-11-12(14(21)23-2)13(9-3-5-10(16)6-4-9)20-15(19-11)17-8-18-20/h3-6,8,13H,7H2,1-2H3,(H,17,18,19)/t13-/m1/s1. The molecule has 2 heterocycles. The second-order valence-electron chi connectivity index (χ2n) is 4.92. The predicted molar refractivity (Wildman–Crippen MR) is 84.2 cm³/mol. The molecule has 0 fully saturated rings. The predicted octanol–water partition coefficient (Wildman–Crippen LogP) is 2.02. The van der Waals surface area contributed by atoms with Crippen molar-refractivity contribution in [1.29, 1.82) is 0 Å². The van der Waals surface area contributed by atoms with Crippen LogP contribution in [0.1, 0.15) is 11.6 Å². The smallest absolute Gasteiger partial charge is 0.338 e. The average molecular weight is 335 g/mol. The summed E-state index contributed by atoms with van der Waals surface area (Å²) in [5.74, 6) is 0.0790. The molecule has 8 heteroatoms. The average Bonchev–Trinajstić information content (AvgIpc) is 3.02. The summed E-state index contributed by atoms with van der Waals surface area (Å²) < 4.78 is 11.8. The van der Waals surface area contributed by atoms with E-state index < -0.39 is 12.0 Å². The van der Waals surface area contributed by atoms with Crippen LogP contribution in [0.25, 0.3) is 0 Å². The van der Waals surface area contributed by atoms with Crippen LogP contribution in [0.15, 0.2) is 41.9 Å². The molecule has 1 N–H and O–H groups in total. The molecule has 0 unspecified atom stereocenters. The first-order valence-electron chi connectivity index (χ1n) is 6.88. The summed E-state index contributed by atoms with van der Waals surface area (Å²) in [4.78, 5) is 16.5. The first-order chi connectivity index (χ1) is 11.2. The summed E-state index contributed by atoms with van der Waals surface area (Å²) in [6.07, 6.45) is 1.43. The molecule has 0 radical (unpaired) electrons. The number of nitrogens with one attached hydrogen (secondary N) is 1. The fourth-order valence-electron chi connectivity index (χ4n) is 2.57. The Balaban J connectivity index is 2.18. The number of ether oxygens (including phenoxy) is 2. The number of halogens is 1. The Labute approximate surface area is 137 Å². The molecule has 1 aliphatic heterocycles. The molecule has 7 nitrogen and oxygen atoms in total. The lowest BCUT2D eigenvalue weighted by Crippen LogP contribution is -2.31. The summed E-state index contributed by atoms with van der Waals surface area (Å²) >= 11 is 5.96. The SMILES string of the molecule is COCC1=C(C(=O)OC)[C@@H](c2ccc(Cl)cc2)n2ncnc2N1. The van der Waals surface area contributed by atoms with E-state index in [0.717, 1.165) is 5.56 Å². The number of hydrogen-bond donors (Lipinski definition) is 1. The molecule has 120 valence electrons. The Bertz CT molecular complexity index is 754. The van der Waals surface area contributed by atoms with Gasteiger partial charge in [-0.1, -0.05) is 23.7 Å². The molecule has 0 aliphatic carbocycles. The molecule has 0 bridgehead atoms. The fraction of sp³-hybridized carbons (Fsp3) is 0.267. The third-order valence-electron chi connectivity index (χ3n) is 3.56. The van der Waals surface area contributed by atoms with Crippen LogP contribution in [0, 0.1) is 0 Å². The zero-order valence-corrected chi connectivity index (χ0v) is 13.4. The van der Waals surface area contributed by atoms with Crippen LogP contribution < -0.4 is 5.32 Å². The molecule has 1 aromatic heterocycles. The summed E-state index contributed by atoms with van der Waals surface area (Å²) in [7, 11) is 2.90. The van der Waals surface area contributed by atoms with Crippen LogP contribution in [-0.4, -0.2) is 41.6 Å². The lowest BCUT2D eigenvalue weighted by atomic mass is 9.95. The van der Waals surface area contributed by atoms with E-state index in [1.807, 2.05) is 12.1 Å². The van der Waals surface area contributed by atoms with Gasteiger partial charge in [-0.05, 0) is 17.7 Å². The van der Waals surface area contributed by atoms with Crippen molar-refractivity contribution >= 4 is 23.5 Å². The molecule has 1 aromatic carbocycles. The zero-order chi connectivity index (χ0) is 16.4. The highest BCUT2D eigenvalue weighted by Gasteiger charge is 2.35. The van der Waals surface area contributed by atoms with Gasteiger partial charge in [-0.2, -0.15) is 10.1 Å². The van der Waals surface area contributed by atoms with E-state index in [1.54, 1.807) is 23.9 Å². The van der Waals surface area contributed by atoms with Crippen LogP contribution in [0.2, 0.25) is 5.02 Å². The van der Waals surface area contributed by atoms with Crippen molar-refractivity contribution in [2.45, 2.75) is 6.04 Å². The second-order valence-corrected chi connectivity index (χ2v) is 5.36. The number of benzene rings is 1. The van der Waals surface area contributed by atoms with Crippen molar-refractivity contribution in [1.82, 2.24) is 14.8 Å². The third kappa shape index (κ3) is 2.80. The van der Waals surface area contributed by atoms with E-state index in [0.29, 0.717) is 22.2 Å². The minimum Gasteiger partial charge on any atom is -0.466 e. The summed E-state index contributed by atoms with van der Waals surface area (Å²) in [6.45, 7) is 0.224.